The summed E-state index contributed by atoms with van der Waals surface area (Å²) in [6, 6.07) is 4.53. The third-order valence-electron chi connectivity index (χ3n) is 2.26. The van der Waals surface area contributed by atoms with Crippen molar-refractivity contribution in [1.29, 1.82) is 0 Å². The Hall–Kier alpha value is -2.57. The number of nitrogens with zero attached hydrogens (tertiary/aromatic N) is 2. The maximum absolute atomic E-state index is 11.9. The summed E-state index contributed by atoms with van der Waals surface area (Å²) in [4.78, 5) is 23.8. The molecule has 0 radical (unpaired) electrons. The van der Waals surface area contributed by atoms with E-state index in [0.717, 1.165) is 6.07 Å². The van der Waals surface area contributed by atoms with Gasteiger partial charge in [-0.05, 0) is 12.1 Å². The van der Waals surface area contributed by atoms with Gasteiger partial charge in [-0.15, -0.1) is 0 Å². The van der Waals surface area contributed by atoms with Crippen LogP contribution in [0.3, 0.4) is 0 Å². The van der Waals surface area contributed by atoms with Gasteiger partial charge in [0.25, 0.3) is 5.91 Å². The van der Waals surface area contributed by atoms with Crippen molar-refractivity contribution in [2.75, 3.05) is 7.05 Å². The van der Waals surface area contributed by atoms with Crippen LogP contribution in [-0.4, -0.2) is 34.1 Å². The van der Waals surface area contributed by atoms with Gasteiger partial charge < -0.3 is 18.9 Å². The molecule has 0 atom stereocenters. The van der Waals surface area contributed by atoms with Crippen molar-refractivity contribution in [3.8, 4) is 0 Å². The van der Waals surface area contributed by atoms with Gasteiger partial charge in [0.1, 0.15) is 5.76 Å². The van der Waals surface area contributed by atoms with Crippen LogP contribution in [0, 0.1) is 0 Å². The Labute approximate surface area is 102 Å². The van der Waals surface area contributed by atoms with Crippen LogP contribution < -0.4 is 0 Å². The lowest BCUT2D eigenvalue weighted by molar-refractivity contribution is 0.0649. The number of aromatic carboxylic acids is 1. The second-order valence-electron chi connectivity index (χ2n) is 3.62. The first-order chi connectivity index (χ1) is 8.58. The quantitative estimate of drug-likeness (QED) is 0.876. The molecule has 0 bridgehead atoms. The number of aromatic nitrogens is 1. The maximum Gasteiger partial charge on any atom is 0.374 e. The Morgan fingerprint density at radius 3 is 2.83 bits per heavy atom. The van der Waals surface area contributed by atoms with Crippen molar-refractivity contribution in [1.82, 2.24) is 10.1 Å². The van der Waals surface area contributed by atoms with Crippen molar-refractivity contribution in [3.05, 3.63) is 41.7 Å². The molecule has 2 rings (SSSR count). The minimum Gasteiger partial charge on any atom is -0.475 e. The number of hydrogen-bond acceptors (Lipinski definition) is 5. The van der Waals surface area contributed by atoms with E-state index >= 15 is 0 Å². The predicted molar refractivity (Wildman–Crippen MR) is 58.0 cm³/mol. The molecule has 18 heavy (non-hydrogen) atoms. The molecule has 0 saturated carbocycles. The van der Waals surface area contributed by atoms with Gasteiger partial charge in [0, 0.05) is 13.1 Å². The Morgan fingerprint density at radius 1 is 1.50 bits per heavy atom. The first kappa shape index (κ1) is 11.9. The van der Waals surface area contributed by atoms with Gasteiger partial charge in [-0.1, -0.05) is 5.16 Å². The summed E-state index contributed by atoms with van der Waals surface area (Å²) in [5, 5.41) is 12.1. The summed E-state index contributed by atoms with van der Waals surface area (Å²) in [5.74, 6) is -1.46. The zero-order valence-electron chi connectivity index (χ0n) is 9.49. The number of furan rings is 1. The number of hydrogen-bond donors (Lipinski definition) is 1. The van der Waals surface area contributed by atoms with Crippen LogP contribution in [0.2, 0.25) is 0 Å². The van der Waals surface area contributed by atoms with Gasteiger partial charge in [-0.25, -0.2) is 4.79 Å². The van der Waals surface area contributed by atoms with E-state index in [1.807, 2.05) is 0 Å². The summed E-state index contributed by atoms with van der Waals surface area (Å²) >= 11 is 0. The van der Waals surface area contributed by atoms with Crippen molar-refractivity contribution in [2.45, 2.75) is 6.54 Å². The summed E-state index contributed by atoms with van der Waals surface area (Å²) in [5.41, 5.74) is -0.0542. The second-order valence-corrected chi connectivity index (χ2v) is 3.62. The topological polar surface area (TPSA) is 96.8 Å². The zero-order valence-corrected chi connectivity index (χ0v) is 9.49. The smallest absolute Gasteiger partial charge is 0.374 e. The molecule has 0 aromatic carbocycles. The van der Waals surface area contributed by atoms with Gasteiger partial charge >= 0.3 is 5.97 Å². The highest BCUT2D eigenvalue weighted by atomic mass is 16.5. The van der Waals surface area contributed by atoms with E-state index in [9.17, 15) is 9.59 Å². The zero-order chi connectivity index (χ0) is 13.1. The molecular weight excluding hydrogens is 240 g/mol. The molecule has 7 nitrogen and oxygen atoms in total. The fourth-order valence-corrected chi connectivity index (χ4v) is 1.38. The largest absolute Gasteiger partial charge is 0.475 e. The van der Waals surface area contributed by atoms with E-state index in [2.05, 4.69) is 9.68 Å². The van der Waals surface area contributed by atoms with Crippen LogP contribution in [0.4, 0.5) is 0 Å². The Bertz CT molecular complexity index is 558. The van der Waals surface area contributed by atoms with E-state index in [4.69, 9.17) is 9.52 Å². The van der Waals surface area contributed by atoms with Crippen LogP contribution in [0.1, 0.15) is 26.8 Å². The van der Waals surface area contributed by atoms with Crippen LogP contribution >= 0.6 is 0 Å². The molecule has 0 aliphatic heterocycles. The Kier molecular flexibility index (Phi) is 3.13. The Morgan fingerprint density at radius 2 is 2.28 bits per heavy atom. The van der Waals surface area contributed by atoms with E-state index in [1.165, 1.54) is 11.2 Å². The molecular formula is C11H10N2O5. The lowest BCUT2D eigenvalue weighted by atomic mass is 10.3. The van der Waals surface area contributed by atoms with E-state index < -0.39 is 11.9 Å². The van der Waals surface area contributed by atoms with E-state index in [0.29, 0.717) is 5.76 Å². The standard InChI is InChI=1S/C11H10N2O5/c1-13(6-7-3-2-4-17-7)10(14)8-5-9(11(15)16)18-12-8/h2-5H,6H2,1H3,(H,15,16). The fourth-order valence-electron chi connectivity index (χ4n) is 1.38. The predicted octanol–water partition coefficient (Wildman–Crippen LogP) is 1.24. The van der Waals surface area contributed by atoms with Gasteiger partial charge in [-0.2, -0.15) is 0 Å². The monoisotopic (exact) mass is 250 g/mol. The third kappa shape index (κ3) is 2.40. The number of carboxylic acids is 1. The van der Waals surface area contributed by atoms with E-state index in [-0.39, 0.29) is 18.0 Å². The minimum atomic E-state index is -1.27. The minimum absolute atomic E-state index is 0.0542. The summed E-state index contributed by atoms with van der Waals surface area (Å²) in [6.07, 6.45) is 1.51. The van der Waals surface area contributed by atoms with Gasteiger partial charge in [0.2, 0.25) is 5.76 Å². The van der Waals surface area contributed by atoms with Crippen molar-refractivity contribution in [2.24, 2.45) is 0 Å². The van der Waals surface area contributed by atoms with Crippen molar-refractivity contribution >= 4 is 11.9 Å². The SMILES string of the molecule is CN(Cc1ccco1)C(=O)c1cc(C(=O)O)on1. The summed E-state index contributed by atoms with van der Waals surface area (Å²) in [6.45, 7) is 0.265. The number of amides is 1. The first-order valence-electron chi connectivity index (χ1n) is 5.06. The molecule has 2 aromatic rings. The number of carbonyl (C=O) groups is 2. The number of rotatable bonds is 4. The molecule has 94 valence electrons. The molecule has 1 amide bonds. The molecule has 0 aliphatic rings. The number of carbonyl (C=O) groups excluding carboxylic acids is 1. The molecule has 2 heterocycles. The van der Waals surface area contributed by atoms with Crippen molar-refractivity contribution in [3.63, 3.8) is 0 Å². The molecule has 0 fully saturated rings. The highest BCUT2D eigenvalue weighted by Crippen LogP contribution is 2.09. The van der Waals surface area contributed by atoms with Crippen LogP contribution in [0.5, 0.6) is 0 Å². The molecule has 1 N–H and O–H groups in total. The van der Waals surface area contributed by atoms with Gasteiger partial charge in [0.15, 0.2) is 5.69 Å². The van der Waals surface area contributed by atoms with Gasteiger partial charge in [-0.3, -0.25) is 4.79 Å². The van der Waals surface area contributed by atoms with Gasteiger partial charge in [0.05, 0.1) is 12.8 Å². The molecule has 2 aromatic heterocycles. The molecule has 0 unspecified atom stereocenters. The lowest BCUT2D eigenvalue weighted by Crippen LogP contribution is -2.26. The normalized spacial score (nSPS) is 10.3. The van der Waals surface area contributed by atoms with Crippen LogP contribution in [-0.2, 0) is 6.54 Å². The second kappa shape index (κ2) is 4.74. The fraction of sp³-hybridized carbons (Fsp3) is 0.182. The van der Waals surface area contributed by atoms with E-state index in [1.54, 1.807) is 19.2 Å². The highest BCUT2D eigenvalue weighted by Gasteiger charge is 2.20. The van der Waals surface area contributed by atoms with Crippen molar-refractivity contribution < 1.29 is 23.6 Å². The van der Waals surface area contributed by atoms with Crippen LogP contribution in [0.15, 0.2) is 33.4 Å². The molecule has 7 heteroatoms. The highest BCUT2D eigenvalue weighted by molar-refractivity contribution is 5.94. The number of carboxylic acid groups (broad SMARTS) is 1. The Balaban J connectivity index is 2.08. The molecule has 0 saturated heterocycles. The summed E-state index contributed by atoms with van der Waals surface area (Å²) in [7, 11) is 1.56. The summed E-state index contributed by atoms with van der Waals surface area (Å²) < 4.78 is 9.61. The maximum atomic E-state index is 11.9. The lowest BCUT2D eigenvalue weighted by Gasteiger charge is -2.13. The average Bonchev–Trinajstić information content (AvgIpc) is 2.98. The molecule has 0 spiro atoms. The molecule has 0 aliphatic carbocycles. The first-order valence-corrected chi connectivity index (χ1v) is 5.06. The van der Waals surface area contributed by atoms with Crippen LogP contribution in [0.25, 0.3) is 0 Å². The third-order valence-corrected chi connectivity index (χ3v) is 2.26. The average molecular weight is 250 g/mol.